The first-order valence-corrected chi connectivity index (χ1v) is 7.68. The van der Waals surface area contributed by atoms with Gasteiger partial charge in [0, 0.05) is 23.6 Å². The summed E-state index contributed by atoms with van der Waals surface area (Å²) in [6.45, 7) is 0. The molecule has 2 aromatic heterocycles. The number of aromatic nitrogens is 3. The van der Waals surface area contributed by atoms with Gasteiger partial charge in [-0.05, 0) is 6.07 Å². The van der Waals surface area contributed by atoms with Crippen molar-refractivity contribution in [1.29, 1.82) is 0 Å². The topological polar surface area (TPSA) is 56.5 Å². The Bertz CT molecular complexity index is 797. The van der Waals surface area contributed by atoms with Gasteiger partial charge in [-0.3, -0.25) is 4.79 Å². The second kappa shape index (κ2) is 5.64. The SMILES string of the molecule is COc1ccccc1CSc1nn2c(=O)ccnc2s1. The fourth-order valence-electron chi connectivity index (χ4n) is 1.75. The van der Waals surface area contributed by atoms with Crippen molar-refractivity contribution >= 4 is 28.1 Å². The molecule has 0 bridgehead atoms. The molecule has 0 amide bonds. The standard InChI is InChI=1S/C13H11N3O2S2/c1-18-10-5-3-2-4-9(10)8-19-13-15-16-11(17)6-7-14-12(16)20-13/h2-7H,8H2,1H3. The van der Waals surface area contributed by atoms with Crippen LogP contribution in [0.1, 0.15) is 5.56 Å². The molecule has 0 radical (unpaired) electrons. The minimum Gasteiger partial charge on any atom is -0.496 e. The van der Waals surface area contributed by atoms with E-state index in [9.17, 15) is 4.79 Å². The van der Waals surface area contributed by atoms with Crippen molar-refractivity contribution in [3.05, 3.63) is 52.4 Å². The van der Waals surface area contributed by atoms with E-state index in [2.05, 4.69) is 10.1 Å². The molecular formula is C13H11N3O2S2. The van der Waals surface area contributed by atoms with Crippen LogP contribution in [0.2, 0.25) is 0 Å². The van der Waals surface area contributed by atoms with Gasteiger partial charge in [0.2, 0.25) is 4.96 Å². The zero-order valence-corrected chi connectivity index (χ0v) is 12.3. The summed E-state index contributed by atoms with van der Waals surface area (Å²) >= 11 is 2.97. The maximum absolute atomic E-state index is 11.6. The van der Waals surface area contributed by atoms with Gasteiger partial charge in [-0.2, -0.15) is 4.52 Å². The molecule has 102 valence electrons. The summed E-state index contributed by atoms with van der Waals surface area (Å²) in [7, 11) is 1.66. The van der Waals surface area contributed by atoms with Crippen LogP contribution in [-0.2, 0) is 5.75 Å². The van der Waals surface area contributed by atoms with Gasteiger partial charge in [-0.15, -0.1) is 5.10 Å². The van der Waals surface area contributed by atoms with E-state index in [0.29, 0.717) is 4.96 Å². The highest BCUT2D eigenvalue weighted by atomic mass is 32.2. The third-order valence-corrected chi connectivity index (χ3v) is 4.80. The summed E-state index contributed by atoms with van der Waals surface area (Å²) in [5, 5.41) is 4.27. The Balaban J connectivity index is 1.83. The molecule has 3 rings (SSSR count). The van der Waals surface area contributed by atoms with Gasteiger partial charge >= 0.3 is 0 Å². The summed E-state index contributed by atoms with van der Waals surface area (Å²) in [6.07, 6.45) is 1.50. The molecule has 3 aromatic rings. The minimum absolute atomic E-state index is 0.157. The number of benzene rings is 1. The van der Waals surface area contributed by atoms with Gasteiger partial charge in [-0.1, -0.05) is 41.3 Å². The largest absolute Gasteiger partial charge is 0.496 e. The molecule has 0 saturated carbocycles. The van der Waals surface area contributed by atoms with Crippen LogP contribution in [0.3, 0.4) is 0 Å². The molecule has 2 heterocycles. The molecule has 0 saturated heterocycles. The first-order chi connectivity index (χ1) is 9.78. The fraction of sp³-hybridized carbons (Fsp3) is 0.154. The molecule has 0 aliphatic rings. The van der Waals surface area contributed by atoms with Crippen LogP contribution in [-0.4, -0.2) is 21.7 Å². The molecule has 0 spiro atoms. The van der Waals surface area contributed by atoms with Crippen molar-refractivity contribution in [3.8, 4) is 5.75 Å². The Morgan fingerprint density at radius 2 is 2.20 bits per heavy atom. The van der Waals surface area contributed by atoms with E-state index in [0.717, 1.165) is 21.4 Å². The molecule has 7 heteroatoms. The number of fused-ring (bicyclic) bond motifs is 1. The smallest absolute Gasteiger partial charge is 0.275 e. The average Bonchev–Trinajstić information content (AvgIpc) is 2.90. The van der Waals surface area contributed by atoms with E-state index in [1.165, 1.54) is 28.1 Å². The van der Waals surface area contributed by atoms with Gasteiger partial charge < -0.3 is 4.74 Å². The van der Waals surface area contributed by atoms with Gasteiger partial charge in [0.05, 0.1) is 7.11 Å². The predicted molar refractivity (Wildman–Crippen MR) is 79.7 cm³/mol. The highest BCUT2D eigenvalue weighted by Gasteiger charge is 2.08. The summed E-state index contributed by atoms with van der Waals surface area (Å²) in [4.78, 5) is 16.3. The molecule has 20 heavy (non-hydrogen) atoms. The number of hydrogen-bond acceptors (Lipinski definition) is 6. The summed E-state index contributed by atoms with van der Waals surface area (Å²) < 4.78 is 7.45. The maximum atomic E-state index is 11.6. The van der Waals surface area contributed by atoms with E-state index in [1.807, 2.05) is 24.3 Å². The number of para-hydroxylation sites is 1. The van der Waals surface area contributed by atoms with Crippen molar-refractivity contribution in [1.82, 2.24) is 14.6 Å². The van der Waals surface area contributed by atoms with E-state index in [4.69, 9.17) is 4.74 Å². The molecular weight excluding hydrogens is 294 g/mol. The zero-order chi connectivity index (χ0) is 13.9. The summed E-state index contributed by atoms with van der Waals surface area (Å²) in [5.41, 5.74) is 0.940. The number of thioether (sulfide) groups is 1. The van der Waals surface area contributed by atoms with Crippen LogP contribution in [0, 0.1) is 0 Å². The van der Waals surface area contributed by atoms with Crippen LogP contribution in [0.4, 0.5) is 0 Å². The van der Waals surface area contributed by atoms with Crippen molar-refractivity contribution in [3.63, 3.8) is 0 Å². The lowest BCUT2D eigenvalue weighted by molar-refractivity contribution is 0.411. The molecule has 5 nitrogen and oxygen atoms in total. The van der Waals surface area contributed by atoms with Gasteiger partial charge in [0.1, 0.15) is 5.75 Å². The number of nitrogens with zero attached hydrogens (tertiary/aromatic N) is 3. The minimum atomic E-state index is -0.157. The molecule has 0 N–H and O–H groups in total. The highest BCUT2D eigenvalue weighted by Crippen LogP contribution is 2.29. The quantitative estimate of drug-likeness (QED) is 0.693. The Labute approximate surface area is 123 Å². The zero-order valence-electron chi connectivity index (χ0n) is 10.6. The lowest BCUT2D eigenvalue weighted by atomic mass is 10.2. The van der Waals surface area contributed by atoms with Crippen molar-refractivity contribution in [2.24, 2.45) is 0 Å². The molecule has 0 atom stereocenters. The number of hydrogen-bond donors (Lipinski definition) is 0. The second-order valence-corrected chi connectivity index (χ2v) is 6.12. The Hall–Kier alpha value is -1.86. The van der Waals surface area contributed by atoms with Crippen molar-refractivity contribution in [2.45, 2.75) is 10.1 Å². The van der Waals surface area contributed by atoms with Crippen LogP contribution in [0.25, 0.3) is 4.96 Å². The van der Waals surface area contributed by atoms with Gasteiger partial charge in [-0.25, -0.2) is 4.98 Å². The van der Waals surface area contributed by atoms with E-state index in [-0.39, 0.29) is 5.56 Å². The molecule has 0 aliphatic heterocycles. The van der Waals surface area contributed by atoms with Crippen LogP contribution >= 0.6 is 23.1 Å². The Kier molecular flexibility index (Phi) is 3.70. The predicted octanol–water partition coefficient (Wildman–Crippen LogP) is 2.45. The first kappa shape index (κ1) is 13.1. The lowest BCUT2D eigenvalue weighted by Crippen LogP contribution is -2.12. The van der Waals surface area contributed by atoms with E-state index in [1.54, 1.807) is 18.9 Å². The van der Waals surface area contributed by atoms with E-state index >= 15 is 0 Å². The second-order valence-electron chi connectivity index (χ2n) is 3.95. The highest BCUT2D eigenvalue weighted by molar-refractivity contribution is 8.00. The third-order valence-electron chi connectivity index (χ3n) is 2.70. The molecule has 0 unspecified atom stereocenters. The van der Waals surface area contributed by atoms with Crippen molar-refractivity contribution in [2.75, 3.05) is 7.11 Å². The average molecular weight is 305 g/mol. The Morgan fingerprint density at radius 1 is 1.35 bits per heavy atom. The molecule has 0 fully saturated rings. The van der Waals surface area contributed by atoms with Crippen LogP contribution in [0.5, 0.6) is 5.75 Å². The van der Waals surface area contributed by atoms with E-state index < -0.39 is 0 Å². The molecule has 0 aliphatic carbocycles. The van der Waals surface area contributed by atoms with Gasteiger partial charge in [0.15, 0.2) is 4.34 Å². The third kappa shape index (κ3) is 2.54. The number of rotatable bonds is 4. The first-order valence-electron chi connectivity index (χ1n) is 5.87. The monoisotopic (exact) mass is 305 g/mol. The van der Waals surface area contributed by atoms with Crippen molar-refractivity contribution < 1.29 is 4.74 Å². The van der Waals surface area contributed by atoms with Crippen LogP contribution < -0.4 is 10.3 Å². The summed E-state index contributed by atoms with van der Waals surface area (Å²) in [5.74, 6) is 1.59. The molecule has 1 aromatic carbocycles. The Morgan fingerprint density at radius 3 is 3.00 bits per heavy atom. The fourth-order valence-corrected chi connectivity index (χ4v) is 3.65. The number of methoxy groups -OCH3 is 1. The van der Waals surface area contributed by atoms with Crippen LogP contribution in [0.15, 0.2) is 45.7 Å². The maximum Gasteiger partial charge on any atom is 0.275 e. The number of ether oxygens (including phenoxy) is 1. The lowest BCUT2D eigenvalue weighted by Gasteiger charge is -2.05. The summed E-state index contributed by atoms with van der Waals surface area (Å²) in [6, 6.07) is 9.27. The van der Waals surface area contributed by atoms with Gasteiger partial charge in [0.25, 0.3) is 5.56 Å². The normalized spacial score (nSPS) is 10.8.